The molecular formula is C10H14ClNS. The first kappa shape index (κ1) is 12.6. The van der Waals surface area contributed by atoms with Gasteiger partial charge in [-0.25, -0.2) is 0 Å². The summed E-state index contributed by atoms with van der Waals surface area (Å²) in [4.78, 5) is 1.26. The average molecular weight is 216 g/mol. The number of nitrogens with two attached hydrogens (primary N) is 1. The molecule has 0 radical (unpaired) electrons. The zero-order valence-corrected chi connectivity index (χ0v) is 9.20. The van der Waals surface area contributed by atoms with Crippen molar-refractivity contribution < 1.29 is 0 Å². The number of rotatable bonds is 3. The van der Waals surface area contributed by atoms with Crippen LogP contribution in [0.3, 0.4) is 0 Å². The molecule has 72 valence electrons. The lowest BCUT2D eigenvalue weighted by Crippen LogP contribution is -2.05. The van der Waals surface area contributed by atoms with Crippen LogP contribution in [0.5, 0.6) is 0 Å². The number of halogens is 1. The summed E-state index contributed by atoms with van der Waals surface area (Å²) in [6.07, 6.45) is 3.80. The summed E-state index contributed by atoms with van der Waals surface area (Å²) in [5.74, 6) is 0. The van der Waals surface area contributed by atoms with Crippen LogP contribution in [0.4, 0.5) is 0 Å². The van der Waals surface area contributed by atoms with Crippen LogP contribution in [-0.4, -0.2) is 6.26 Å². The van der Waals surface area contributed by atoms with Crippen molar-refractivity contribution in [1.29, 1.82) is 0 Å². The van der Waals surface area contributed by atoms with E-state index in [1.807, 2.05) is 12.1 Å². The van der Waals surface area contributed by atoms with Crippen LogP contribution in [0, 0.1) is 0 Å². The van der Waals surface area contributed by atoms with E-state index in [1.165, 1.54) is 4.90 Å². The molecule has 1 aromatic rings. The van der Waals surface area contributed by atoms with Crippen LogP contribution in [0.25, 0.3) is 0 Å². The predicted octanol–water partition coefficient (Wildman–Crippen LogP) is 3.02. The van der Waals surface area contributed by atoms with E-state index in [4.69, 9.17) is 5.73 Å². The number of hydrogen-bond donors (Lipinski definition) is 1. The number of thioether (sulfide) groups is 1. The highest BCUT2D eigenvalue weighted by Gasteiger charge is 1.99. The van der Waals surface area contributed by atoms with E-state index in [1.54, 1.807) is 17.8 Å². The van der Waals surface area contributed by atoms with Gasteiger partial charge in [0.25, 0.3) is 0 Å². The molecule has 1 nitrogen and oxygen atoms in total. The van der Waals surface area contributed by atoms with Crippen LogP contribution in [0.1, 0.15) is 11.6 Å². The van der Waals surface area contributed by atoms with Crippen LogP contribution >= 0.6 is 24.2 Å². The van der Waals surface area contributed by atoms with Gasteiger partial charge in [0.05, 0.1) is 0 Å². The van der Waals surface area contributed by atoms with Gasteiger partial charge in [0, 0.05) is 10.9 Å². The summed E-state index contributed by atoms with van der Waals surface area (Å²) in [6.45, 7) is 3.65. The minimum absolute atomic E-state index is 0. The monoisotopic (exact) mass is 215 g/mol. The van der Waals surface area contributed by atoms with Crippen molar-refractivity contribution in [2.75, 3.05) is 6.26 Å². The molecule has 0 fully saturated rings. The van der Waals surface area contributed by atoms with E-state index in [-0.39, 0.29) is 18.4 Å². The topological polar surface area (TPSA) is 26.0 Å². The Morgan fingerprint density at radius 3 is 2.31 bits per heavy atom. The van der Waals surface area contributed by atoms with Gasteiger partial charge in [0.1, 0.15) is 0 Å². The fraction of sp³-hybridized carbons (Fsp3) is 0.200. The molecule has 0 amide bonds. The van der Waals surface area contributed by atoms with Gasteiger partial charge in [-0.1, -0.05) is 18.2 Å². The maximum atomic E-state index is 5.76. The zero-order valence-electron chi connectivity index (χ0n) is 7.57. The molecule has 0 heterocycles. The second kappa shape index (κ2) is 6.08. The molecule has 0 spiro atoms. The molecule has 0 aliphatic heterocycles. The van der Waals surface area contributed by atoms with Crippen LogP contribution in [0.15, 0.2) is 41.8 Å². The Morgan fingerprint density at radius 1 is 1.38 bits per heavy atom. The molecule has 0 aromatic heterocycles. The van der Waals surface area contributed by atoms with Crippen molar-refractivity contribution in [3.63, 3.8) is 0 Å². The normalized spacial score (nSPS) is 11.5. The van der Waals surface area contributed by atoms with Gasteiger partial charge in [-0.2, -0.15) is 0 Å². The van der Waals surface area contributed by atoms with Crippen LogP contribution in [-0.2, 0) is 0 Å². The molecule has 1 aromatic carbocycles. The van der Waals surface area contributed by atoms with Crippen molar-refractivity contribution >= 4 is 24.2 Å². The molecule has 0 aliphatic carbocycles. The lowest BCUT2D eigenvalue weighted by molar-refractivity contribution is 0.912. The van der Waals surface area contributed by atoms with E-state index in [0.717, 1.165) is 5.56 Å². The third-order valence-electron chi connectivity index (χ3n) is 1.75. The zero-order chi connectivity index (χ0) is 8.97. The highest BCUT2D eigenvalue weighted by molar-refractivity contribution is 7.98. The fourth-order valence-corrected chi connectivity index (χ4v) is 1.37. The Morgan fingerprint density at radius 2 is 1.92 bits per heavy atom. The third-order valence-corrected chi connectivity index (χ3v) is 2.50. The maximum Gasteiger partial charge on any atom is 0.0478 e. The minimum atomic E-state index is -0.0408. The van der Waals surface area contributed by atoms with Crippen molar-refractivity contribution in [3.05, 3.63) is 42.5 Å². The summed E-state index contributed by atoms with van der Waals surface area (Å²) >= 11 is 1.73. The van der Waals surface area contributed by atoms with Gasteiger partial charge in [-0.3, -0.25) is 0 Å². The molecule has 0 unspecified atom stereocenters. The molecule has 1 rings (SSSR count). The quantitative estimate of drug-likeness (QED) is 0.620. The fourth-order valence-electron chi connectivity index (χ4n) is 0.962. The van der Waals surface area contributed by atoms with Gasteiger partial charge in [0.2, 0.25) is 0 Å². The van der Waals surface area contributed by atoms with Gasteiger partial charge >= 0.3 is 0 Å². The largest absolute Gasteiger partial charge is 0.321 e. The highest BCUT2D eigenvalue weighted by Crippen LogP contribution is 2.17. The number of hydrogen-bond acceptors (Lipinski definition) is 2. The van der Waals surface area contributed by atoms with Crippen molar-refractivity contribution in [3.8, 4) is 0 Å². The van der Waals surface area contributed by atoms with Crippen LogP contribution in [0.2, 0.25) is 0 Å². The molecule has 0 saturated heterocycles. The van der Waals surface area contributed by atoms with E-state index in [0.29, 0.717) is 0 Å². The van der Waals surface area contributed by atoms with Gasteiger partial charge in [-0.05, 0) is 24.0 Å². The molecule has 0 saturated carbocycles. The summed E-state index contributed by atoms with van der Waals surface area (Å²) < 4.78 is 0. The van der Waals surface area contributed by atoms with E-state index < -0.39 is 0 Å². The number of benzene rings is 1. The van der Waals surface area contributed by atoms with Crippen LogP contribution < -0.4 is 5.73 Å². The Kier molecular flexibility index (Phi) is 5.88. The highest BCUT2D eigenvalue weighted by atomic mass is 35.5. The lowest BCUT2D eigenvalue weighted by Gasteiger charge is -2.06. The van der Waals surface area contributed by atoms with Gasteiger partial charge < -0.3 is 5.73 Å². The molecular weight excluding hydrogens is 202 g/mol. The van der Waals surface area contributed by atoms with Gasteiger partial charge in [-0.15, -0.1) is 30.7 Å². The molecule has 0 aliphatic rings. The summed E-state index contributed by atoms with van der Waals surface area (Å²) in [5.41, 5.74) is 6.87. The predicted molar refractivity (Wildman–Crippen MR) is 62.6 cm³/mol. The first-order valence-corrected chi connectivity index (χ1v) is 5.02. The third kappa shape index (κ3) is 3.43. The van der Waals surface area contributed by atoms with E-state index >= 15 is 0 Å². The molecule has 2 N–H and O–H groups in total. The summed E-state index contributed by atoms with van der Waals surface area (Å²) in [5, 5.41) is 0. The Balaban J connectivity index is 0.00000144. The first-order chi connectivity index (χ1) is 5.77. The molecule has 0 bridgehead atoms. The molecule has 1 atom stereocenters. The summed E-state index contributed by atoms with van der Waals surface area (Å²) in [7, 11) is 0. The molecule has 3 heteroatoms. The minimum Gasteiger partial charge on any atom is -0.321 e. The second-order valence-electron chi connectivity index (χ2n) is 2.53. The maximum absolute atomic E-state index is 5.76. The van der Waals surface area contributed by atoms with Crippen molar-refractivity contribution in [1.82, 2.24) is 0 Å². The van der Waals surface area contributed by atoms with E-state index in [9.17, 15) is 0 Å². The Labute approximate surface area is 89.8 Å². The first-order valence-electron chi connectivity index (χ1n) is 3.80. The summed E-state index contributed by atoms with van der Waals surface area (Å²) in [6, 6.07) is 8.18. The smallest absolute Gasteiger partial charge is 0.0478 e. The Bertz CT molecular complexity index is 258. The molecule has 13 heavy (non-hydrogen) atoms. The van der Waals surface area contributed by atoms with Gasteiger partial charge in [0.15, 0.2) is 0 Å². The van der Waals surface area contributed by atoms with Crippen molar-refractivity contribution in [2.24, 2.45) is 5.73 Å². The lowest BCUT2D eigenvalue weighted by atomic mass is 10.1. The standard InChI is InChI=1S/C10H13NS.ClH/c1-3-10(11)8-4-6-9(12-2)7-5-8;/h3-7,10H,1,11H2,2H3;1H/t10-;/m0./s1. The Hall–Kier alpha value is -0.440. The average Bonchev–Trinajstić information content (AvgIpc) is 2.17. The second-order valence-corrected chi connectivity index (χ2v) is 3.41. The van der Waals surface area contributed by atoms with Crippen molar-refractivity contribution in [2.45, 2.75) is 10.9 Å². The SMILES string of the molecule is C=C[C@H](N)c1ccc(SC)cc1.Cl. The van der Waals surface area contributed by atoms with E-state index in [2.05, 4.69) is 25.0 Å².